The molecular formula is C34H57NO8. The second-order valence-electron chi connectivity index (χ2n) is 16.2. The van der Waals surface area contributed by atoms with E-state index in [0.29, 0.717) is 36.3 Å². The van der Waals surface area contributed by atoms with Crippen molar-refractivity contribution in [1.29, 1.82) is 0 Å². The third-order valence-electron chi connectivity index (χ3n) is 13.7. The molecule has 0 spiro atoms. The minimum Gasteiger partial charge on any atom is -0.394 e. The molecule has 2 aliphatic heterocycles. The van der Waals surface area contributed by atoms with Crippen LogP contribution in [-0.2, 0) is 9.47 Å². The smallest absolute Gasteiger partial charge is 0.186 e. The van der Waals surface area contributed by atoms with Gasteiger partial charge in [0, 0.05) is 12.6 Å². The Morgan fingerprint density at radius 3 is 2.44 bits per heavy atom. The highest BCUT2D eigenvalue weighted by Gasteiger charge is 2.62. The Labute approximate surface area is 257 Å². The van der Waals surface area contributed by atoms with Crippen molar-refractivity contribution in [2.75, 3.05) is 20.2 Å². The fourth-order valence-electron chi connectivity index (χ4n) is 11.4. The third kappa shape index (κ3) is 5.36. The second-order valence-corrected chi connectivity index (χ2v) is 16.2. The largest absolute Gasteiger partial charge is 0.394 e. The Hall–Kier alpha value is -0.620. The molecule has 0 aromatic heterocycles. The molecule has 6 N–H and O–H groups in total. The number of rotatable bonds is 5. The van der Waals surface area contributed by atoms with Gasteiger partial charge in [-0.15, -0.1) is 0 Å². The summed E-state index contributed by atoms with van der Waals surface area (Å²) in [6, 6.07) is 0.377. The van der Waals surface area contributed by atoms with Crippen LogP contribution in [0, 0.1) is 40.4 Å². The summed E-state index contributed by atoms with van der Waals surface area (Å²) in [5, 5.41) is 62.7. The van der Waals surface area contributed by atoms with Gasteiger partial charge in [0.2, 0.25) is 0 Å². The van der Waals surface area contributed by atoms with Crippen LogP contribution < -0.4 is 0 Å². The molecule has 2 saturated heterocycles. The fourth-order valence-corrected chi connectivity index (χ4v) is 11.4. The second kappa shape index (κ2) is 11.6. The lowest BCUT2D eigenvalue weighted by Gasteiger charge is -2.59. The topological polar surface area (TPSA) is 143 Å². The Morgan fingerprint density at radius 2 is 1.74 bits per heavy atom. The lowest BCUT2D eigenvalue weighted by molar-refractivity contribution is -0.313. The fraction of sp³-hybridized carbons (Fsp3) is 0.941. The zero-order valence-electron chi connectivity index (χ0n) is 26.8. The number of nitrogens with zero attached hydrogens (tertiary/aromatic N) is 1. The van der Waals surface area contributed by atoms with Gasteiger partial charge in [0.1, 0.15) is 24.4 Å². The summed E-state index contributed by atoms with van der Waals surface area (Å²) in [5.41, 5.74) is 0.956. The van der Waals surface area contributed by atoms with Gasteiger partial charge >= 0.3 is 0 Å². The van der Waals surface area contributed by atoms with E-state index in [0.717, 1.165) is 57.8 Å². The van der Waals surface area contributed by atoms with Crippen LogP contribution in [0.15, 0.2) is 11.6 Å². The molecule has 4 aliphatic carbocycles. The minimum atomic E-state index is -1.43. The quantitative estimate of drug-likeness (QED) is 0.259. The number of hydrogen-bond acceptors (Lipinski definition) is 9. The van der Waals surface area contributed by atoms with Crippen molar-refractivity contribution in [3.8, 4) is 0 Å². The highest BCUT2D eigenvalue weighted by molar-refractivity contribution is 5.26. The van der Waals surface area contributed by atoms with Crippen molar-refractivity contribution in [3.63, 3.8) is 0 Å². The number of piperidine rings is 1. The number of likely N-dealkylation sites (tertiary alicyclic amines) is 1. The highest BCUT2D eigenvalue weighted by Crippen LogP contribution is 2.67. The van der Waals surface area contributed by atoms with Crippen LogP contribution in [-0.4, -0.2) is 110 Å². The van der Waals surface area contributed by atoms with E-state index in [-0.39, 0.29) is 29.0 Å². The monoisotopic (exact) mass is 607 g/mol. The molecule has 0 bridgehead atoms. The standard InChI is InChI=1S/C34H57NO8/c1-18(24-10-11-32(2,41)17-35(24)5)27-25(37)15-23-21-7-6-19-14-20(8-12-33(19,3)22(21)9-13-34(23,27)4)42-31-30(40)29(39)28(38)26(16-36)43-31/h6,18,20-31,36-41H,7-17H2,1-5H3/t18-,20?,21-,22?,23+,24-,25-,26-,27+,28-,29+,30-,31-,32?,33+,34+/m1/s1. The number of ether oxygens (including phenoxy) is 2. The average Bonchev–Trinajstić information content (AvgIpc) is 3.22. The molecule has 0 amide bonds. The Bertz CT molecular complexity index is 1050. The molecule has 43 heavy (non-hydrogen) atoms. The molecule has 6 rings (SSSR count). The molecule has 9 nitrogen and oxygen atoms in total. The van der Waals surface area contributed by atoms with Crippen molar-refractivity contribution in [2.45, 2.75) is 140 Å². The van der Waals surface area contributed by atoms with Crippen LogP contribution in [0.4, 0.5) is 0 Å². The van der Waals surface area contributed by atoms with Gasteiger partial charge in [-0.05, 0) is 112 Å². The molecule has 16 atom stereocenters. The molecule has 0 radical (unpaired) electrons. The number of aliphatic hydroxyl groups excluding tert-OH is 5. The van der Waals surface area contributed by atoms with Crippen molar-refractivity contribution in [3.05, 3.63) is 11.6 Å². The molecular weight excluding hydrogens is 550 g/mol. The molecule has 5 fully saturated rings. The van der Waals surface area contributed by atoms with Gasteiger partial charge < -0.3 is 45.0 Å². The first kappa shape index (κ1) is 32.3. The number of hydrogen-bond donors (Lipinski definition) is 6. The predicted molar refractivity (Wildman–Crippen MR) is 161 cm³/mol. The van der Waals surface area contributed by atoms with E-state index in [9.17, 15) is 30.6 Å². The molecule has 9 heteroatoms. The summed E-state index contributed by atoms with van der Waals surface area (Å²) in [4.78, 5) is 2.34. The first-order valence-corrected chi connectivity index (χ1v) is 17.0. The van der Waals surface area contributed by atoms with Gasteiger partial charge in [-0.1, -0.05) is 32.4 Å². The van der Waals surface area contributed by atoms with E-state index >= 15 is 0 Å². The summed E-state index contributed by atoms with van der Waals surface area (Å²) >= 11 is 0. The van der Waals surface area contributed by atoms with Crippen molar-refractivity contribution in [1.82, 2.24) is 4.90 Å². The number of likely N-dealkylation sites (N-methyl/N-ethyl adjacent to an activating group) is 1. The normalized spacial score (nSPS) is 54.7. The summed E-state index contributed by atoms with van der Waals surface area (Å²) in [5.74, 6) is 2.22. The predicted octanol–water partition coefficient (Wildman–Crippen LogP) is 2.20. The van der Waals surface area contributed by atoms with E-state index in [1.807, 2.05) is 6.92 Å². The number of aliphatic hydroxyl groups is 6. The summed E-state index contributed by atoms with van der Waals surface area (Å²) in [6.45, 7) is 9.41. The Morgan fingerprint density at radius 1 is 1.00 bits per heavy atom. The van der Waals surface area contributed by atoms with E-state index < -0.39 is 42.9 Å². The first-order chi connectivity index (χ1) is 20.2. The number of allylic oxidation sites excluding steroid dienone is 1. The van der Waals surface area contributed by atoms with Crippen molar-refractivity contribution < 1.29 is 40.1 Å². The Kier molecular flexibility index (Phi) is 8.69. The molecule has 2 heterocycles. The summed E-state index contributed by atoms with van der Waals surface area (Å²) in [7, 11) is 2.14. The molecule has 6 aliphatic rings. The highest BCUT2D eigenvalue weighted by atomic mass is 16.7. The maximum absolute atomic E-state index is 11.7. The van der Waals surface area contributed by atoms with E-state index in [4.69, 9.17) is 9.47 Å². The van der Waals surface area contributed by atoms with Gasteiger partial charge in [-0.2, -0.15) is 0 Å². The van der Waals surface area contributed by atoms with E-state index in [1.54, 1.807) is 0 Å². The van der Waals surface area contributed by atoms with Crippen LogP contribution in [0.3, 0.4) is 0 Å². The maximum Gasteiger partial charge on any atom is 0.186 e. The molecule has 246 valence electrons. The SMILES string of the molecule is C[C@@H]([C@H]1[C@H](O)C[C@H]2[C@@H]3CC=C4CC(O[C@@H]5O[C@H](CO)[C@@H](O)[C@H](O)[C@H]5O)CC[C@]4(C)C3CC[C@]12C)[C@H]1CCC(C)(O)CN1C. The van der Waals surface area contributed by atoms with E-state index in [1.165, 1.54) is 5.57 Å². The third-order valence-corrected chi connectivity index (χ3v) is 13.7. The van der Waals surface area contributed by atoms with Crippen molar-refractivity contribution in [2.24, 2.45) is 40.4 Å². The minimum absolute atomic E-state index is 0.0727. The van der Waals surface area contributed by atoms with Crippen LogP contribution >= 0.6 is 0 Å². The molecule has 0 aromatic carbocycles. The summed E-state index contributed by atoms with van der Waals surface area (Å²) in [6.07, 6.45) is 4.23. The average molecular weight is 608 g/mol. The first-order valence-electron chi connectivity index (χ1n) is 17.0. The van der Waals surface area contributed by atoms with E-state index in [2.05, 4.69) is 38.8 Å². The van der Waals surface area contributed by atoms with Crippen LogP contribution in [0.25, 0.3) is 0 Å². The van der Waals surface area contributed by atoms with Gasteiger partial charge in [0.05, 0.1) is 24.4 Å². The van der Waals surface area contributed by atoms with Gasteiger partial charge in [-0.3, -0.25) is 0 Å². The van der Waals surface area contributed by atoms with Crippen LogP contribution in [0.2, 0.25) is 0 Å². The summed E-state index contributed by atoms with van der Waals surface area (Å²) < 4.78 is 11.8. The van der Waals surface area contributed by atoms with Gasteiger partial charge in [0.15, 0.2) is 6.29 Å². The van der Waals surface area contributed by atoms with Gasteiger partial charge in [-0.25, -0.2) is 0 Å². The zero-order chi connectivity index (χ0) is 31.1. The lowest BCUT2D eigenvalue weighted by Crippen LogP contribution is -2.60. The molecule has 0 aromatic rings. The molecule has 3 unspecified atom stereocenters. The zero-order valence-corrected chi connectivity index (χ0v) is 26.8. The van der Waals surface area contributed by atoms with Crippen LogP contribution in [0.1, 0.15) is 85.5 Å². The van der Waals surface area contributed by atoms with Crippen LogP contribution in [0.5, 0.6) is 0 Å². The lowest BCUT2D eigenvalue weighted by atomic mass is 9.46. The van der Waals surface area contributed by atoms with Crippen molar-refractivity contribution >= 4 is 0 Å². The Balaban J connectivity index is 1.15. The number of β-amino-alcohol motifs (C(OH)–C–C–N with tert-alkyl or cyclic N) is 1. The van der Waals surface area contributed by atoms with Gasteiger partial charge in [0.25, 0.3) is 0 Å². The molecule has 3 saturated carbocycles. The number of fused-ring (bicyclic) bond motifs is 5. The maximum atomic E-state index is 11.7.